The van der Waals surface area contributed by atoms with Crippen LogP contribution in [0.3, 0.4) is 0 Å². The van der Waals surface area contributed by atoms with Crippen LogP contribution >= 0.6 is 0 Å². The van der Waals surface area contributed by atoms with E-state index in [-0.39, 0.29) is 10.8 Å². The Kier molecular flexibility index (Phi) is 2.38. The number of anilines is 1. The summed E-state index contributed by atoms with van der Waals surface area (Å²) in [6.45, 7) is 0. The molecule has 0 N–H and O–H groups in total. The molecule has 0 bridgehead atoms. The lowest BCUT2D eigenvalue weighted by atomic mass is 10.3. The van der Waals surface area contributed by atoms with Crippen molar-refractivity contribution >= 4 is 5.69 Å². The molecule has 0 aromatic heterocycles. The second-order valence-corrected chi connectivity index (χ2v) is 2.10. The number of hydrogen-bond donors (Lipinski definition) is 0. The highest BCUT2D eigenvalue weighted by Gasteiger charge is 2.29. The molecule has 7 nitrogen and oxygen atoms in total. The Morgan fingerprint density at radius 1 is 1.00 bits per heavy atom. The summed E-state index contributed by atoms with van der Waals surface area (Å²) in [5, 5.41) is 18.1. The smallest absolute Gasteiger partial charge is 0.228 e. The molecular weight excluding hydrogens is 178 g/mol. The van der Waals surface area contributed by atoms with Gasteiger partial charge in [0.2, 0.25) is 10.1 Å². The Morgan fingerprint density at radius 2 is 1.46 bits per heavy atom. The van der Waals surface area contributed by atoms with Crippen molar-refractivity contribution in [1.29, 1.82) is 0 Å². The van der Waals surface area contributed by atoms with E-state index in [1.807, 2.05) is 0 Å². The predicted octanol–water partition coefficient (Wildman–Crippen LogP) is 0.876. The molecule has 0 unspecified atom stereocenters. The molecule has 0 fully saturated rings. The molecule has 0 saturated heterocycles. The molecule has 1 rings (SSSR count). The van der Waals surface area contributed by atoms with Gasteiger partial charge >= 0.3 is 0 Å². The highest BCUT2D eigenvalue weighted by Crippen LogP contribution is 2.12. The lowest BCUT2D eigenvalue weighted by molar-refractivity contribution is -0.711. The van der Waals surface area contributed by atoms with E-state index in [0.29, 0.717) is 0 Å². The molecule has 1 aromatic rings. The van der Waals surface area contributed by atoms with Gasteiger partial charge < -0.3 is 0 Å². The molecule has 0 aliphatic rings. The first kappa shape index (κ1) is 8.91. The van der Waals surface area contributed by atoms with Gasteiger partial charge in [-0.05, 0) is 12.1 Å². The van der Waals surface area contributed by atoms with Gasteiger partial charge in [-0.2, -0.15) is 0 Å². The first-order chi connectivity index (χ1) is 6.13. The van der Waals surface area contributed by atoms with Crippen molar-refractivity contribution in [2.45, 2.75) is 0 Å². The van der Waals surface area contributed by atoms with Crippen LogP contribution in [0.4, 0.5) is 5.69 Å². The Hall–Kier alpha value is -2.18. The second kappa shape index (κ2) is 3.48. The van der Waals surface area contributed by atoms with Crippen LogP contribution in [0.1, 0.15) is 0 Å². The minimum absolute atomic E-state index is 0.0856. The zero-order valence-electron chi connectivity index (χ0n) is 6.36. The normalized spacial score (nSPS) is 9.23. The molecule has 0 heterocycles. The van der Waals surface area contributed by atoms with Crippen LogP contribution in [0.5, 0.6) is 0 Å². The SMILES string of the molecule is O=[N+]([O-])N(c1ccccc1)[N+](=O)[O-]. The monoisotopic (exact) mass is 183 g/mol. The number of nitrogens with zero attached hydrogens (tertiary/aromatic N) is 3. The van der Waals surface area contributed by atoms with E-state index in [0.717, 1.165) is 0 Å². The van der Waals surface area contributed by atoms with Gasteiger partial charge in [0.1, 0.15) is 0 Å². The maximum absolute atomic E-state index is 10.2. The zero-order chi connectivity index (χ0) is 9.84. The fourth-order valence-corrected chi connectivity index (χ4v) is 0.810. The van der Waals surface area contributed by atoms with E-state index in [1.165, 1.54) is 24.3 Å². The summed E-state index contributed by atoms with van der Waals surface area (Å²) in [6, 6.07) is 7.14. The van der Waals surface area contributed by atoms with Crippen LogP contribution < -0.4 is 5.12 Å². The number of rotatable bonds is 3. The van der Waals surface area contributed by atoms with Crippen molar-refractivity contribution in [3.8, 4) is 0 Å². The van der Waals surface area contributed by atoms with E-state index in [9.17, 15) is 20.2 Å². The third-order valence-corrected chi connectivity index (χ3v) is 1.30. The van der Waals surface area contributed by atoms with E-state index in [2.05, 4.69) is 0 Å². The van der Waals surface area contributed by atoms with Crippen molar-refractivity contribution in [2.24, 2.45) is 0 Å². The Balaban J connectivity index is 3.03. The summed E-state index contributed by atoms with van der Waals surface area (Å²) < 4.78 is 0. The van der Waals surface area contributed by atoms with Crippen LogP contribution in [-0.4, -0.2) is 10.1 Å². The summed E-state index contributed by atoms with van der Waals surface area (Å²) in [6.07, 6.45) is 0. The lowest BCUT2D eigenvalue weighted by Crippen LogP contribution is -2.35. The van der Waals surface area contributed by atoms with Crippen molar-refractivity contribution in [1.82, 2.24) is 0 Å². The van der Waals surface area contributed by atoms with Crippen LogP contribution in [0.2, 0.25) is 0 Å². The van der Waals surface area contributed by atoms with Crippen LogP contribution in [-0.2, 0) is 0 Å². The van der Waals surface area contributed by atoms with Crippen molar-refractivity contribution in [3.63, 3.8) is 0 Å². The summed E-state index contributed by atoms with van der Waals surface area (Å²) in [5.41, 5.74) is -0.0856. The molecular formula is C6H5N3O4. The van der Waals surface area contributed by atoms with Crippen LogP contribution in [0, 0.1) is 20.2 Å². The van der Waals surface area contributed by atoms with Crippen molar-refractivity contribution in [2.75, 3.05) is 5.12 Å². The predicted molar refractivity (Wildman–Crippen MR) is 42.9 cm³/mol. The molecule has 7 heteroatoms. The molecule has 0 atom stereocenters. The number of para-hydroxylation sites is 1. The molecule has 68 valence electrons. The van der Waals surface area contributed by atoms with Crippen LogP contribution in [0.25, 0.3) is 0 Å². The molecule has 0 aliphatic heterocycles. The first-order valence-electron chi connectivity index (χ1n) is 3.26. The average Bonchev–Trinajstić information content (AvgIpc) is 2.04. The Morgan fingerprint density at radius 3 is 1.85 bits per heavy atom. The Bertz CT molecular complexity index is 312. The molecule has 1 aromatic carbocycles. The van der Waals surface area contributed by atoms with Gasteiger partial charge in [-0.15, -0.1) is 0 Å². The quantitative estimate of drug-likeness (QED) is 0.512. The summed E-state index contributed by atoms with van der Waals surface area (Å²) in [7, 11) is 0. The summed E-state index contributed by atoms with van der Waals surface area (Å²) in [5.74, 6) is 0. The third-order valence-electron chi connectivity index (χ3n) is 1.30. The number of hydrazine groups is 2. The number of hydrogen-bond acceptors (Lipinski definition) is 4. The van der Waals surface area contributed by atoms with Gasteiger partial charge in [-0.25, -0.2) is 20.2 Å². The lowest BCUT2D eigenvalue weighted by Gasteiger charge is -2.01. The minimum Gasteiger partial charge on any atom is -0.230 e. The standard InChI is InChI=1S/C6H5N3O4/c10-8(11)7(9(12)13)6-4-2-1-3-5-6/h1-5H. The van der Waals surface area contributed by atoms with Crippen molar-refractivity contribution < 1.29 is 10.1 Å². The highest BCUT2D eigenvalue weighted by atomic mass is 16.8. The maximum atomic E-state index is 10.2. The molecule has 0 aliphatic carbocycles. The third kappa shape index (κ3) is 1.89. The maximum Gasteiger partial charge on any atom is 0.228 e. The summed E-state index contributed by atoms with van der Waals surface area (Å²) >= 11 is 0. The molecule has 0 saturated carbocycles. The number of nitro groups is 2. The van der Waals surface area contributed by atoms with Gasteiger partial charge in [-0.3, -0.25) is 0 Å². The van der Waals surface area contributed by atoms with Crippen molar-refractivity contribution in [3.05, 3.63) is 50.6 Å². The van der Waals surface area contributed by atoms with Gasteiger partial charge in [0.15, 0.2) is 10.8 Å². The van der Waals surface area contributed by atoms with Gasteiger partial charge in [-0.1, -0.05) is 18.2 Å². The van der Waals surface area contributed by atoms with E-state index < -0.39 is 10.1 Å². The second-order valence-electron chi connectivity index (χ2n) is 2.10. The van der Waals surface area contributed by atoms with Crippen LogP contribution in [0.15, 0.2) is 30.3 Å². The first-order valence-corrected chi connectivity index (χ1v) is 3.26. The Labute approximate surface area is 72.4 Å². The molecule has 0 radical (unpaired) electrons. The fourth-order valence-electron chi connectivity index (χ4n) is 0.810. The van der Waals surface area contributed by atoms with Gasteiger partial charge in [0.25, 0.3) is 0 Å². The molecule has 13 heavy (non-hydrogen) atoms. The molecule has 0 amide bonds. The fraction of sp³-hybridized carbons (Fsp3) is 0. The minimum atomic E-state index is -1.09. The average molecular weight is 183 g/mol. The van der Waals surface area contributed by atoms with E-state index in [4.69, 9.17) is 0 Å². The molecule has 0 spiro atoms. The topological polar surface area (TPSA) is 89.5 Å². The summed E-state index contributed by atoms with van der Waals surface area (Å²) in [4.78, 5) is 20.5. The largest absolute Gasteiger partial charge is 0.230 e. The van der Waals surface area contributed by atoms with E-state index in [1.54, 1.807) is 6.07 Å². The highest BCUT2D eigenvalue weighted by molar-refractivity contribution is 5.40. The van der Waals surface area contributed by atoms with Gasteiger partial charge in [0, 0.05) is 0 Å². The van der Waals surface area contributed by atoms with Gasteiger partial charge in [0.05, 0.1) is 0 Å². The number of benzene rings is 1. The zero-order valence-corrected chi connectivity index (χ0v) is 6.36. The van der Waals surface area contributed by atoms with E-state index >= 15 is 0 Å².